The normalized spacial score (nSPS) is 15.0. The minimum Gasteiger partial charge on any atom is -0.616 e. The van der Waals surface area contributed by atoms with Crippen molar-refractivity contribution in [3.8, 4) is 0 Å². The van der Waals surface area contributed by atoms with Crippen molar-refractivity contribution in [3.05, 3.63) is 11.8 Å². The van der Waals surface area contributed by atoms with Crippen molar-refractivity contribution in [1.82, 2.24) is 5.32 Å². The minimum absolute atomic E-state index is 0.643. The lowest BCUT2D eigenvalue weighted by molar-refractivity contribution is 0.601. The number of hydrogen-bond donors (Lipinski definition) is 1. The molecule has 0 fully saturated rings. The predicted molar refractivity (Wildman–Crippen MR) is 46.4 cm³/mol. The number of rotatable bonds is 4. The van der Waals surface area contributed by atoms with Crippen molar-refractivity contribution in [2.75, 3.05) is 19.1 Å². The molecule has 1 atom stereocenters. The lowest BCUT2D eigenvalue weighted by Gasteiger charge is -2.07. The van der Waals surface area contributed by atoms with Crippen molar-refractivity contribution in [2.24, 2.45) is 0 Å². The molecule has 1 unspecified atom stereocenters. The third kappa shape index (κ3) is 4.70. The van der Waals surface area contributed by atoms with Gasteiger partial charge in [-0.1, -0.05) is 24.2 Å². The minimum atomic E-state index is -0.728. The second-order valence-electron chi connectivity index (χ2n) is 2.11. The molecule has 0 aromatic rings. The molecule has 0 aliphatic heterocycles. The summed E-state index contributed by atoms with van der Waals surface area (Å²) < 4.78 is 10.7. The quantitative estimate of drug-likeness (QED) is 0.621. The zero-order valence-corrected chi connectivity index (χ0v) is 7.62. The highest BCUT2D eigenvalue weighted by molar-refractivity contribution is 7.90. The maximum Gasteiger partial charge on any atom is 0.144 e. The van der Waals surface area contributed by atoms with E-state index in [0.29, 0.717) is 5.75 Å². The third-order valence-electron chi connectivity index (χ3n) is 1.13. The van der Waals surface area contributed by atoms with Gasteiger partial charge in [0.1, 0.15) is 5.75 Å². The predicted octanol–water partition coefficient (Wildman–Crippen LogP) is 0.878. The van der Waals surface area contributed by atoms with Gasteiger partial charge in [0.05, 0.1) is 12.0 Å². The SMILES string of the molecule is CC/C=C(/C[S+](C)[O-])NC. The Hall–Kier alpha value is -0.150. The van der Waals surface area contributed by atoms with Gasteiger partial charge in [0.2, 0.25) is 0 Å². The van der Waals surface area contributed by atoms with E-state index in [1.54, 1.807) is 6.26 Å². The van der Waals surface area contributed by atoms with Crippen molar-refractivity contribution in [2.45, 2.75) is 13.3 Å². The summed E-state index contributed by atoms with van der Waals surface area (Å²) in [4.78, 5) is 0. The lowest BCUT2D eigenvalue weighted by Crippen LogP contribution is -2.16. The molecule has 10 heavy (non-hydrogen) atoms. The van der Waals surface area contributed by atoms with Crippen LogP contribution < -0.4 is 5.32 Å². The molecule has 0 amide bonds. The molecule has 0 radical (unpaired) electrons. The van der Waals surface area contributed by atoms with E-state index in [9.17, 15) is 4.55 Å². The van der Waals surface area contributed by atoms with E-state index in [2.05, 4.69) is 18.3 Å². The number of nitrogens with one attached hydrogen (secondary N) is 1. The van der Waals surface area contributed by atoms with Crippen LogP contribution in [0.25, 0.3) is 0 Å². The average molecular weight is 161 g/mol. The maximum absolute atomic E-state index is 10.7. The monoisotopic (exact) mass is 161 g/mol. The zero-order chi connectivity index (χ0) is 7.98. The number of allylic oxidation sites excluding steroid dienone is 1. The molecule has 0 saturated heterocycles. The van der Waals surface area contributed by atoms with Crippen LogP contribution in [0.3, 0.4) is 0 Å². The molecular formula is C7H15NOS. The fourth-order valence-electron chi connectivity index (χ4n) is 0.699. The first-order valence-electron chi connectivity index (χ1n) is 3.37. The first-order valence-corrected chi connectivity index (χ1v) is 5.10. The van der Waals surface area contributed by atoms with Crippen molar-refractivity contribution in [3.63, 3.8) is 0 Å². The van der Waals surface area contributed by atoms with E-state index in [4.69, 9.17) is 0 Å². The van der Waals surface area contributed by atoms with Gasteiger partial charge in [-0.15, -0.1) is 0 Å². The highest BCUT2D eigenvalue weighted by Crippen LogP contribution is 1.95. The fraction of sp³-hybridized carbons (Fsp3) is 0.714. The van der Waals surface area contributed by atoms with Crippen LogP contribution in [0.1, 0.15) is 13.3 Å². The van der Waals surface area contributed by atoms with Crippen molar-refractivity contribution in [1.29, 1.82) is 0 Å². The molecule has 0 saturated carbocycles. The Morgan fingerprint density at radius 1 is 1.70 bits per heavy atom. The van der Waals surface area contributed by atoms with E-state index >= 15 is 0 Å². The van der Waals surface area contributed by atoms with E-state index in [1.165, 1.54) is 0 Å². The Balaban J connectivity index is 3.71. The second kappa shape index (κ2) is 5.62. The maximum atomic E-state index is 10.7. The molecule has 1 N–H and O–H groups in total. The highest BCUT2D eigenvalue weighted by Gasteiger charge is 1.99. The van der Waals surface area contributed by atoms with Crippen molar-refractivity contribution < 1.29 is 4.55 Å². The molecule has 0 aliphatic carbocycles. The lowest BCUT2D eigenvalue weighted by atomic mass is 10.4. The molecule has 0 aliphatic rings. The standard InChI is InChI=1S/C7H15NOS/c1-4-5-7(8-2)6-10(3)9/h5,8H,4,6H2,1-3H3/b7-5-. The van der Waals surface area contributed by atoms with E-state index < -0.39 is 11.2 Å². The van der Waals surface area contributed by atoms with Crippen LogP contribution in [0.15, 0.2) is 11.8 Å². The molecule has 0 heterocycles. The van der Waals surface area contributed by atoms with Gasteiger partial charge in [-0.2, -0.15) is 0 Å². The Labute approximate surface area is 65.9 Å². The van der Waals surface area contributed by atoms with Crippen LogP contribution in [0.5, 0.6) is 0 Å². The summed E-state index contributed by atoms with van der Waals surface area (Å²) in [6.45, 7) is 2.07. The van der Waals surface area contributed by atoms with Gasteiger partial charge in [0.25, 0.3) is 0 Å². The molecule has 2 nitrogen and oxygen atoms in total. The largest absolute Gasteiger partial charge is 0.616 e. The molecular weight excluding hydrogens is 146 g/mol. The Bertz CT molecular complexity index is 112. The van der Waals surface area contributed by atoms with Gasteiger partial charge in [-0.05, 0) is 6.42 Å². The van der Waals surface area contributed by atoms with Crippen LogP contribution in [-0.2, 0) is 11.2 Å². The van der Waals surface area contributed by atoms with Gasteiger partial charge >= 0.3 is 0 Å². The van der Waals surface area contributed by atoms with Crippen LogP contribution >= 0.6 is 0 Å². The highest BCUT2D eigenvalue weighted by atomic mass is 32.2. The van der Waals surface area contributed by atoms with E-state index in [-0.39, 0.29) is 0 Å². The molecule has 0 bridgehead atoms. The molecule has 0 spiro atoms. The average Bonchev–Trinajstić information content (AvgIpc) is 1.86. The van der Waals surface area contributed by atoms with Gasteiger partial charge in [-0.25, -0.2) is 0 Å². The Kier molecular flexibility index (Phi) is 5.54. The van der Waals surface area contributed by atoms with Gasteiger partial charge in [0.15, 0.2) is 0 Å². The molecule has 0 aromatic carbocycles. The van der Waals surface area contributed by atoms with Gasteiger partial charge in [0, 0.05) is 7.05 Å². The summed E-state index contributed by atoms with van der Waals surface area (Å²) in [6, 6.07) is 0. The summed E-state index contributed by atoms with van der Waals surface area (Å²) in [5, 5.41) is 3.00. The van der Waals surface area contributed by atoms with Crippen LogP contribution in [0.2, 0.25) is 0 Å². The van der Waals surface area contributed by atoms with E-state index in [0.717, 1.165) is 12.1 Å². The summed E-state index contributed by atoms with van der Waals surface area (Å²) in [5.41, 5.74) is 1.07. The van der Waals surface area contributed by atoms with Crippen LogP contribution in [0.4, 0.5) is 0 Å². The molecule has 60 valence electrons. The fourth-order valence-corrected chi connectivity index (χ4v) is 1.40. The first kappa shape index (κ1) is 9.85. The van der Waals surface area contributed by atoms with E-state index in [1.807, 2.05) is 7.05 Å². The smallest absolute Gasteiger partial charge is 0.144 e. The van der Waals surface area contributed by atoms with Crippen LogP contribution in [-0.4, -0.2) is 23.6 Å². The summed E-state index contributed by atoms with van der Waals surface area (Å²) in [5.74, 6) is 0.643. The topological polar surface area (TPSA) is 35.1 Å². The van der Waals surface area contributed by atoms with Crippen molar-refractivity contribution >= 4 is 11.2 Å². The zero-order valence-electron chi connectivity index (χ0n) is 6.81. The second-order valence-corrected chi connectivity index (χ2v) is 3.54. The summed E-state index contributed by atoms with van der Waals surface area (Å²) >= 11 is -0.728. The van der Waals surface area contributed by atoms with Gasteiger partial charge < -0.3 is 9.87 Å². The van der Waals surface area contributed by atoms with Crippen LogP contribution in [0, 0.1) is 0 Å². The van der Waals surface area contributed by atoms with Gasteiger partial charge in [-0.3, -0.25) is 0 Å². The Morgan fingerprint density at radius 3 is 2.60 bits per heavy atom. The third-order valence-corrected chi connectivity index (χ3v) is 1.85. The summed E-state index contributed by atoms with van der Waals surface area (Å²) in [6.07, 6.45) is 4.76. The Morgan fingerprint density at radius 2 is 2.30 bits per heavy atom. The first-order chi connectivity index (χ1) is 4.70. The molecule has 0 aromatic heterocycles. The molecule has 0 rings (SSSR count). The summed E-state index contributed by atoms with van der Waals surface area (Å²) in [7, 11) is 1.86. The molecule has 3 heteroatoms. The number of hydrogen-bond acceptors (Lipinski definition) is 2.